The summed E-state index contributed by atoms with van der Waals surface area (Å²) in [7, 11) is 0. The number of rotatable bonds is 6. The van der Waals surface area contributed by atoms with E-state index in [1.54, 1.807) is 0 Å². The molecule has 11 rings (SSSR count). The average Bonchev–Trinajstić information content (AvgIpc) is 3.55. The quantitative estimate of drug-likeness (QED) is 0.129. The Morgan fingerprint density at radius 1 is 0.443 bits per heavy atom. The van der Waals surface area contributed by atoms with Gasteiger partial charge in [0, 0.05) is 16.5 Å². The predicted octanol–water partition coefficient (Wildman–Crippen LogP) is 15.5. The second kappa shape index (κ2) is 14.5. The van der Waals surface area contributed by atoms with Crippen LogP contribution in [0.3, 0.4) is 0 Å². The Labute approximate surface area is 356 Å². The molecule has 61 heavy (non-hydrogen) atoms. The van der Waals surface area contributed by atoms with E-state index < -0.39 is 0 Å². The van der Waals surface area contributed by atoms with E-state index >= 15 is 0 Å². The van der Waals surface area contributed by atoms with Gasteiger partial charge in [-0.2, -0.15) is 0 Å². The molecule has 0 fully saturated rings. The van der Waals surface area contributed by atoms with Gasteiger partial charge in [0.2, 0.25) is 0 Å². The number of allylic oxidation sites excluding steroid dienone is 1. The first-order valence-corrected chi connectivity index (χ1v) is 21.0. The van der Waals surface area contributed by atoms with Gasteiger partial charge in [0.15, 0.2) is 5.84 Å². The lowest BCUT2D eigenvalue weighted by Gasteiger charge is -2.22. The van der Waals surface area contributed by atoms with Crippen molar-refractivity contribution in [2.45, 2.75) is 19.3 Å². The van der Waals surface area contributed by atoms with Gasteiger partial charge < -0.3 is 0 Å². The summed E-state index contributed by atoms with van der Waals surface area (Å²) in [6.45, 7) is 4.74. The van der Waals surface area contributed by atoms with E-state index in [-0.39, 0.29) is 11.3 Å². The van der Waals surface area contributed by atoms with E-state index in [0.717, 1.165) is 33.2 Å². The van der Waals surface area contributed by atoms with Crippen molar-refractivity contribution in [3.63, 3.8) is 0 Å². The molecule has 1 aliphatic carbocycles. The van der Waals surface area contributed by atoms with Gasteiger partial charge in [-0.15, -0.1) is 0 Å². The summed E-state index contributed by atoms with van der Waals surface area (Å²) >= 11 is 0. The molecule has 1 aliphatic rings. The van der Waals surface area contributed by atoms with Crippen LogP contribution in [0.4, 0.5) is 0 Å². The number of hydrogen-bond donors (Lipinski definition) is 1. The molecule has 0 aromatic heterocycles. The van der Waals surface area contributed by atoms with Gasteiger partial charge in [0.25, 0.3) is 0 Å². The van der Waals surface area contributed by atoms with E-state index in [2.05, 4.69) is 196 Å². The molecular formula is C59H42N2. The van der Waals surface area contributed by atoms with Crippen molar-refractivity contribution in [2.75, 3.05) is 0 Å². The minimum Gasteiger partial charge on any atom is -0.282 e. The van der Waals surface area contributed by atoms with Crippen molar-refractivity contribution in [1.29, 1.82) is 5.41 Å². The van der Waals surface area contributed by atoms with Crippen molar-refractivity contribution in [2.24, 2.45) is 4.99 Å². The number of fused-ring (bicyclic) bond motifs is 8. The van der Waals surface area contributed by atoms with Crippen molar-refractivity contribution in [1.82, 2.24) is 0 Å². The Kier molecular flexibility index (Phi) is 8.68. The lowest BCUT2D eigenvalue weighted by atomic mass is 9.81. The first kappa shape index (κ1) is 36.4. The minimum atomic E-state index is -0.110. The van der Waals surface area contributed by atoms with E-state index in [9.17, 15) is 0 Å². The number of nitrogens with one attached hydrogen (secondary N) is 1. The molecule has 0 saturated heterocycles. The third-order valence-electron chi connectivity index (χ3n) is 12.8. The minimum absolute atomic E-state index is 0.110. The highest BCUT2D eigenvalue weighted by Crippen LogP contribution is 2.52. The maximum Gasteiger partial charge on any atom is 0.152 e. The van der Waals surface area contributed by atoms with Crippen molar-refractivity contribution in [3.8, 4) is 33.4 Å². The number of hydrogen-bond acceptors (Lipinski definition) is 1. The van der Waals surface area contributed by atoms with Gasteiger partial charge in [-0.25, -0.2) is 4.99 Å². The zero-order valence-electron chi connectivity index (χ0n) is 34.2. The van der Waals surface area contributed by atoms with Crippen LogP contribution in [0.2, 0.25) is 0 Å². The monoisotopic (exact) mass is 778 g/mol. The zero-order valence-corrected chi connectivity index (χ0v) is 34.2. The Hall–Kier alpha value is -7.68. The summed E-state index contributed by atoms with van der Waals surface area (Å²) in [5.41, 5.74) is 13.8. The summed E-state index contributed by atoms with van der Waals surface area (Å²) < 4.78 is 0. The van der Waals surface area contributed by atoms with Crippen LogP contribution in [0.1, 0.15) is 41.7 Å². The molecule has 2 heteroatoms. The van der Waals surface area contributed by atoms with E-state index in [1.165, 1.54) is 76.8 Å². The third kappa shape index (κ3) is 6.19. The maximum atomic E-state index is 8.93. The first-order valence-electron chi connectivity index (χ1n) is 21.0. The van der Waals surface area contributed by atoms with Crippen molar-refractivity contribution >= 4 is 60.7 Å². The molecule has 0 atom stereocenters. The molecule has 2 nitrogen and oxygen atoms in total. The van der Waals surface area contributed by atoms with Crippen LogP contribution in [0.15, 0.2) is 211 Å². The van der Waals surface area contributed by atoms with Crippen LogP contribution < -0.4 is 0 Å². The molecule has 0 saturated carbocycles. The fourth-order valence-electron chi connectivity index (χ4n) is 9.66. The number of benzene rings is 10. The molecule has 0 aliphatic heterocycles. The third-order valence-corrected chi connectivity index (χ3v) is 12.8. The normalized spacial score (nSPS) is 13.3. The first-order chi connectivity index (χ1) is 29.9. The van der Waals surface area contributed by atoms with Crippen LogP contribution in [-0.4, -0.2) is 11.5 Å². The summed E-state index contributed by atoms with van der Waals surface area (Å²) in [6, 6.07) is 71.7. The molecular weight excluding hydrogens is 737 g/mol. The smallest absolute Gasteiger partial charge is 0.152 e. The predicted molar refractivity (Wildman–Crippen MR) is 260 cm³/mol. The van der Waals surface area contributed by atoms with Crippen LogP contribution in [0.5, 0.6) is 0 Å². The van der Waals surface area contributed by atoms with Crippen molar-refractivity contribution < 1.29 is 0 Å². The van der Waals surface area contributed by atoms with Gasteiger partial charge in [0.1, 0.15) is 0 Å². The van der Waals surface area contributed by atoms with Crippen molar-refractivity contribution in [3.05, 3.63) is 234 Å². The lowest BCUT2D eigenvalue weighted by Crippen LogP contribution is -2.15. The fraction of sp³-hybridized carbons (Fsp3) is 0.0508. The Morgan fingerprint density at radius 3 is 1.79 bits per heavy atom. The molecule has 288 valence electrons. The highest BCUT2D eigenvalue weighted by Gasteiger charge is 2.36. The van der Waals surface area contributed by atoms with Crippen LogP contribution in [0, 0.1) is 5.41 Å². The second-order valence-corrected chi connectivity index (χ2v) is 16.7. The molecule has 0 spiro atoms. The van der Waals surface area contributed by atoms with Gasteiger partial charge >= 0.3 is 0 Å². The molecule has 10 aromatic rings. The number of amidine groups is 1. The van der Waals surface area contributed by atoms with Gasteiger partial charge in [-0.1, -0.05) is 208 Å². The Bertz CT molecular complexity index is 3460. The molecule has 0 heterocycles. The van der Waals surface area contributed by atoms with Gasteiger partial charge in [-0.05, 0) is 111 Å². The molecule has 1 N–H and O–H groups in total. The standard InChI is InChI=1S/C59H42N2/c1-59(2)54-34-28-39-15-8-9-20-47(39)57(54)53-31-27-43(37-55(53)59)46-32-33-52(50-23-13-12-22-49(46)50)51-30-26-40(45-19-10-11-21-48(45)51)29-35-56(61-58(60)41-16-4-3-5-17-41)44-25-24-38-14-6-7-18-42(38)36-44/h3-37,60H,1-2H3/b35-29+,60-58?,61-56?. The average molecular weight is 779 g/mol. The van der Waals surface area contributed by atoms with E-state index in [0.29, 0.717) is 0 Å². The SMILES string of the molecule is CC1(C)c2cc(-c3ccc(-c4ccc(/C=C/C(=NC(=N)c5ccccc5)c5ccc6ccccc6c5)c5ccccc45)c4ccccc34)ccc2-c2c1ccc1ccccc21. The molecule has 0 radical (unpaired) electrons. The maximum absolute atomic E-state index is 8.93. The topological polar surface area (TPSA) is 36.2 Å². The zero-order chi connectivity index (χ0) is 41.1. The summed E-state index contributed by atoms with van der Waals surface area (Å²) in [6.07, 6.45) is 4.21. The lowest BCUT2D eigenvalue weighted by molar-refractivity contribution is 0.661. The summed E-state index contributed by atoms with van der Waals surface area (Å²) in [4.78, 5) is 4.91. The van der Waals surface area contributed by atoms with Crippen LogP contribution in [-0.2, 0) is 5.41 Å². The van der Waals surface area contributed by atoms with Gasteiger partial charge in [-0.3, -0.25) is 5.41 Å². The van der Waals surface area contributed by atoms with E-state index in [1.807, 2.05) is 30.3 Å². The van der Waals surface area contributed by atoms with Crippen LogP contribution in [0.25, 0.3) is 82.5 Å². The van der Waals surface area contributed by atoms with Gasteiger partial charge in [0.05, 0.1) is 5.71 Å². The number of aliphatic imine (C=N–C) groups is 1. The second-order valence-electron chi connectivity index (χ2n) is 16.7. The number of nitrogens with zero attached hydrogens (tertiary/aromatic N) is 1. The fourth-order valence-corrected chi connectivity index (χ4v) is 9.66. The van der Waals surface area contributed by atoms with E-state index in [4.69, 9.17) is 10.4 Å². The van der Waals surface area contributed by atoms with Crippen LogP contribution >= 0.6 is 0 Å². The molecule has 0 bridgehead atoms. The summed E-state index contributed by atoms with van der Waals surface area (Å²) in [5.74, 6) is 0.228. The highest BCUT2D eigenvalue weighted by molar-refractivity contribution is 6.19. The summed E-state index contributed by atoms with van der Waals surface area (Å²) in [5, 5.41) is 18.7. The largest absolute Gasteiger partial charge is 0.282 e. The molecule has 0 unspecified atom stereocenters. The molecule has 0 amide bonds. The Morgan fingerprint density at radius 2 is 1.02 bits per heavy atom. The highest BCUT2D eigenvalue weighted by atomic mass is 14.8. The Balaban J connectivity index is 0.995. The molecule has 10 aromatic carbocycles.